The van der Waals surface area contributed by atoms with Gasteiger partial charge in [-0.2, -0.15) is 10.5 Å². The van der Waals surface area contributed by atoms with Crippen molar-refractivity contribution in [1.82, 2.24) is 9.97 Å². The summed E-state index contributed by atoms with van der Waals surface area (Å²) in [5.74, 6) is 0.0477. The van der Waals surface area contributed by atoms with Gasteiger partial charge in [-0.25, -0.2) is 0 Å². The van der Waals surface area contributed by atoms with Gasteiger partial charge in [0.15, 0.2) is 0 Å². The molecule has 5 heteroatoms. The summed E-state index contributed by atoms with van der Waals surface area (Å²) in [6, 6.07) is 3.47. The molecule has 1 heterocycles. The number of nitriles is 2. The van der Waals surface area contributed by atoms with E-state index >= 15 is 0 Å². The molecule has 0 saturated carbocycles. The van der Waals surface area contributed by atoms with Crippen molar-refractivity contribution >= 4 is 0 Å². The van der Waals surface area contributed by atoms with Crippen LogP contribution in [0.3, 0.4) is 0 Å². The van der Waals surface area contributed by atoms with Crippen LogP contribution >= 0.6 is 0 Å². The van der Waals surface area contributed by atoms with Crippen LogP contribution in [0.2, 0.25) is 0 Å². The third-order valence-corrected chi connectivity index (χ3v) is 0.750. The normalized spacial score (nSPS) is 7.00. The molecule has 42 valence electrons. The van der Waals surface area contributed by atoms with Crippen LogP contribution in [-0.2, 0) is 0 Å². The second-order valence-corrected chi connectivity index (χ2v) is 1.30. The van der Waals surface area contributed by atoms with Crippen molar-refractivity contribution in [3.05, 3.63) is 17.7 Å². The zero-order valence-corrected chi connectivity index (χ0v) is 5.37. The van der Waals surface area contributed by atoms with Crippen molar-refractivity contribution < 1.29 is 18.9 Å². The molecule has 0 bridgehead atoms. The third-order valence-electron chi connectivity index (χ3n) is 0.750. The molecule has 0 aliphatic rings. The first-order chi connectivity index (χ1) is 4.36. The Hall–Kier alpha value is -1.21. The predicted octanol–water partition coefficient (Wildman–Crippen LogP) is -3.21. The minimum absolute atomic E-state index is 0. The standard InChI is InChI=1S/C5HN4.Li/c6-1-4-3-8-5(2-7)9-4;/h3H;/q-1;+1. The van der Waals surface area contributed by atoms with Crippen LogP contribution in [0.25, 0.3) is 0 Å². The molecule has 0 aromatic carbocycles. The van der Waals surface area contributed by atoms with Gasteiger partial charge in [-0.15, -0.1) is 0 Å². The maximum absolute atomic E-state index is 8.18. The Balaban J connectivity index is 0.000000810. The maximum atomic E-state index is 8.18. The number of nitrogens with zero attached hydrogens (tertiary/aromatic N) is 4. The fourth-order valence-electron chi connectivity index (χ4n) is 0.402. The van der Waals surface area contributed by atoms with Crippen molar-refractivity contribution in [2.75, 3.05) is 0 Å². The first-order valence-corrected chi connectivity index (χ1v) is 2.16. The van der Waals surface area contributed by atoms with Crippen LogP contribution < -0.4 is 23.8 Å². The van der Waals surface area contributed by atoms with E-state index in [4.69, 9.17) is 10.5 Å². The zero-order chi connectivity index (χ0) is 6.69. The van der Waals surface area contributed by atoms with E-state index in [1.807, 2.05) is 0 Å². The Morgan fingerprint density at radius 3 is 2.40 bits per heavy atom. The van der Waals surface area contributed by atoms with E-state index in [2.05, 4.69) is 9.97 Å². The topological polar surface area (TPSA) is 74.6 Å². The monoisotopic (exact) mass is 124 g/mol. The molecule has 0 fully saturated rings. The summed E-state index contributed by atoms with van der Waals surface area (Å²) in [6.45, 7) is 0. The first-order valence-electron chi connectivity index (χ1n) is 2.16. The van der Waals surface area contributed by atoms with Crippen LogP contribution in [0.1, 0.15) is 11.5 Å². The molecule has 0 saturated heterocycles. The molecule has 0 amide bonds. The Morgan fingerprint density at radius 2 is 2.10 bits per heavy atom. The minimum atomic E-state index is 0. The molecule has 1 aromatic rings. The molecule has 1 aromatic heterocycles. The van der Waals surface area contributed by atoms with E-state index in [1.54, 1.807) is 12.1 Å². The number of imidazole rings is 1. The largest absolute Gasteiger partial charge is 1.00 e. The molecule has 0 unspecified atom stereocenters. The average Bonchev–Trinajstić information content (AvgIpc) is 2.34. The SMILES string of the molecule is N#Cc1c[n-]c(C#N)n1.[Li+]. The number of hydrogen-bond donors (Lipinski definition) is 0. The van der Waals surface area contributed by atoms with Crippen molar-refractivity contribution in [2.45, 2.75) is 0 Å². The van der Waals surface area contributed by atoms with Crippen LogP contribution in [0.15, 0.2) is 6.20 Å². The number of hydrogen-bond acceptors (Lipinski definition) is 3. The van der Waals surface area contributed by atoms with Crippen LogP contribution in [-0.4, -0.2) is 4.98 Å². The number of rotatable bonds is 0. The number of aromatic nitrogens is 2. The van der Waals surface area contributed by atoms with Gasteiger partial charge in [0.2, 0.25) is 0 Å². The summed E-state index contributed by atoms with van der Waals surface area (Å²) in [6.07, 6.45) is 1.26. The molecule has 1 rings (SSSR count). The molecule has 0 aliphatic heterocycles. The van der Waals surface area contributed by atoms with Gasteiger partial charge in [-0.3, -0.25) is 0 Å². The van der Waals surface area contributed by atoms with Gasteiger partial charge < -0.3 is 9.97 Å². The summed E-state index contributed by atoms with van der Waals surface area (Å²) in [7, 11) is 0. The summed E-state index contributed by atoms with van der Waals surface area (Å²) in [5, 5.41) is 16.3. The molecule has 0 atom stereocenters. The van der Waals surface area contributed by atoms with Crippen molar-refractivity contribution in [3.8, 4) is 12.1 Å². The Labute approximate surface area is 69.7 Å². The van der Waals surface area contributed by atoms with Gasteiger partial charge >= 0.3 is 18.9 Å². The quantitative estimate of drug-likeness (QED) is 0.341. The van der Waals surface area contributed by atoms with Crippen molar-refractivity contribution in [2.24, 2.45) is 0 Å². The molecule has 4 nitrogen and oxygen atoms in total. The maximum Gasteiger partial charge on any atom is 1.00 e. The van der Waals surface area contributed by atoms with Gasteiger partial charge in [0.1, 0.15) is 0 Å². The van der Waals surface area contributed by atoms with E-state index in [0.29, 0.717) is 0 Å². The summed E-state index contributed by atoms with van der Waals surface area (Å²) in [5.41, 5.74) is 0.187. The first kappa shape index (κ1) is 8.79. The van der Waals surface area contributed by atoms with E-state index in [-0.39, 0.29) is 30.4 Å². The predicted molar refractivity (Wildman–Crippen MR) is 27.0 cm³/mol. The zero-order valence-electron chi connectivity index (χ0n) is 5.37. The molecule has 0 N–H and O–H groups in total. The summed E-state index contributed by atoms with van der Waals surface area (Å²) >= 11 is 0. The van der Waals surface area contributed by atoms with Crippen molar-refractivity contribution in [1.29, 1.82) is 10.5 Å². The van der Waals surface area contributed by atoms with E-state index in [1.165, 1.54) is 6.20 Å². The molecule has 10 heavy (non-hydrogen) atoms. The van der Waals surface area contributed by atoms with Crippen molar-refractivity contribution in [3.63, 3.8) is 0 Å². The summed E-state index contributed by atoms with van der Waals surface area (Å²) < 4.78 is 0. The average molecular weight is 124 g/mol. The fraction of sp³-hybridized carbons (Fsp3) is 0. The van der Waals surface area contributed by atoms with Crippen LogP contribution in [0.5, 0.6) is 0 Å². The molecule has 0 radical (unpaired) electrons. The van der Waals surface area contributed by atoms with Crippen LogP contribution in [0.4, 0.5) is 0 Å². The van der Waals surface area contributed by atoms with Gasteiger partial charge in [0.05, 0.1) is 12.1 Å². The fourth-order valence-corrected chi connectivity index (χ4v) is 0.402. The second-order valence-electron chi connectivity index (χ2n) is 1.30. The van der Waals surface area contributed by atoms with E-state index in [0.717, 1.165) is 0 Å². The smallest absolute Gasteiger partial charge is 0.433 e. The van der Waals surface area contributed by atoms with E-state index < -0.39 is 0 Å². The minimum Gasteiger partial charge on any atom is -0.433 e. The summed E-state index contributed by atoms with van der Waals surface area (Å²) in [4.78, 5) is 7.02. The molecule has 0 aliphatic carbocycles. The molecular weight excluding hydrogens is 123 g/mol. The third kappa shape index (κ3) is 1.64. The van der Waals surface area contributed by atoms with Gasteiger partial charge in [-0.05, 0) is 0 Å². The van der Waals surface area contributed by atoms with E-state index in [9.17, 15) is 0 Å². The Bertz CT molecular complexity index is 261. The molecular formula is C5HLiN4. The van der Waals surface area contributed by atoms with Gasteiger partial charge in [0.25, 0.3) is 0 Å². The Kier molecular flexibility index (Phi) is 3.29. The second kappa shape index (κ2) is 3.75. The molecule has 0 spiro atoms. The van der Waals surface area contributed by atoms with Crippen LogP contribution in [0, 0.1) is 22.7 Å². The Morgan fingerprint density at radius 1 is 1.40 bits per heavy atom. The van der Waals surface area contributed by atoms with Gasteiger partial charge in [0, 0.05) is 11.5 Å². The van der Waals surface area contributed by atoms with Gasteiger partial charge in [-0.1, -0.05) is 6.20 Å².